The van der Waals surface area contributed by atoms with Gasteiger partial charge in [-0.3, -0.25) is 0 Å². The smallest absolute Gasteiger partial charge is 0.349 e. The van der Waals surface area contributed by atoms with Gasteiger partial charge in [-0.1, -0.05) is 45.7 Å². The molecule has 0 bridgehead atoms. The van der Waals surface area contributed by atoms with Crippen molar-refractivity contribution >= 4 is 28.6 Å². The van der Waals surface area contributed by atoms with Gasteiger partial charge in [-0.25, -0.2) is 4.79 Å². The van der Waals surface area contributed by atoms with Gasteiger partial charge in [-0.2, -0.15) is 0 Å². The SMILES string of the molecule is CCCC(CCC)[C@H](CC)OC(=O)C(O)(c1cccs1)c1cccs1. The predicted octanol–water partition coefficient (Wildman–Crippen LogP) is 5.58. The van der Waals surface area contributed by atoms with E-state index in [9.17, 15) is 9.90 Å². The minimum Gasteiger partial charge on any atom is -0.459 e. The van der Waals surface area contributed by atoms with E-state index in [-0.39, 0.29) is 6.10 Å². The first-order valence-corrected chi connectivity index (χ1v) is 10.8. The van der Waals surface area contributed by atoms with Crippen LogP contribution in [0.2, 0.25) is 0 Å². The largest absolute Gasteiger partial charge is 0.459 e. The highest BCUT2D eigenvalue weighted by Gasteiger charge is 2.45. The van der Waals surface area contributed by atoms with Crippen LogP contribution in [0.5, 0.6) is 0 Å². The van der Waals surface area contributed by atoms with Crippen LogP contribution in [0, 0.1) is 5.92 Å². The lowest BCUT2D eigenvalue weighted by Gasteiger charge is -2.30. The van der Waals surface area contributed by atoms with E-state index in [0.717, 1.165) is 32.1 Å². The van der Waals surface area contributed by atoms with Gasteiger partial charge < -0.3 is 9.84 Å². The molecular formula is C20H28O3S2. The van der Waals surface area contributed by atoms with Crippen molar-refractivity contribution < 1.29 is 14.6 Å². The number of thiophene rings is 2. The molecule has 25 heavy (non-hydrogen) atoms. The molecule has 0 radical (unpaired) electrons. The summed E-state index contributed by atoms with van der Waals surface area (Å²) in [7, 11) is 0. The van der Waals surface area contributed by atoms with E-state index < -0.39 is 11.6 Å². The third kappa shape index (κ3) is 4.52. The Balaban J connectivity index is 2.27. The molecule has 1 N–H and O–H groups in total. The van der Waals surface area contributed by atoms with Crippen LogP contribution in [0.25, 0.3) is 0 Å². The highest BCUT2D eigenvalue weighted by Crippen LogP contribution is 2.38. The predicted molar refractivity (Wildman–Crippen MR) is 105 cm³/mol. The van der Waals surface area contributed by atoms with Gasteiger partial charge in [0.1, 0.15) is 6.10 Å². The molecule has 0 amide bonds. The van der Waals surface area contributed by atoms with Crippen LogP contribution < -0.4 is 0 Å². The molecule has 2 rings (SSSR count). The van der Waals surface area contributed by atoms with Gasteiger partial charge in [0.05, 0.1) is 9.75 Å². The van der Waals surface area contributed by atoms with Gasteiger partial charge >= 0.3 is 5.97 Å². The van der Waals surface area contributed by atoms with Crippen LogP contribution in [0.1, 0.15) is 62.6 Å². The molecule has 0 aliphatic rings. The van der Waals surface area contributed by atoms with Gasteiger partial charge in [0.2, 0.25) is 5.60 Å². The van der Waals surface area contributed by atoms with Crippen LogP contribution in [-0.2, 0) is 15.1 Å². The van der Waals surface area contributed by atoms with Gasteiger partial charge in [-0.15, -0.1) is 22.7 Å². The highest BCUT2D eigenvalue weighted by atomic mass is 32.1. The number of carbonyl (C=O) groups is 1. The summed E-state index contributed by atoms with van der Waals surface area (Å²) in [5.41, 5.74) is -1.71. The first-order chi connectivity index (χ1) is 12.1. The summed E-state index contributed by atoms with van der Waals surface area (Å²) >= 11 is 2.75. The molecule has 0 saturated heterocycles. The minimum atomic E-state index is -1.71. The van der Waals surface area contributed by atoms with E-state index in [1.54, 1.807) is 12.1 Å². The standard InChI is InChI=1S/C20H28O3S2/c1-4-9-15(10-5-2)16(6-3)23-19(21)20(22,17-11-7-13-24-17)18-12-8-14-25-18/h7-8,11-16,22H,4-6,9-10H2,1-3H3/t16-/m0/s1. The summed E-state index contributed by atoms with van der Waals surface area (Å²) < 4.78 is 5.90. The van der Waals surface area contributed by atoms with E-state index in [0.29, 0.717) is 15.7 Å². The van der Waals surface area contributed by atoms with E-state index in [4.69, 9.17) is 4.74 Å². The van der Waals surface area contributed by atoms with Gasteiger partial charge in [0.15, 0.2) is 0 Å². The Kier molecular flexibility index (Phi) is 7.66. The molecule has 0 aliphatic heterocycles. The number of carbonyl (C=O) groups excluding carboxylic acids is 1. The molecule has 0 fully saturated rings. The summed E-state index contributed by atoms with van der Waals surface area (Å²) in [6.07, 6.45) is 4.82. The normalized spacial score (nSPS) is 13.2. The van der Waals surface area contributed by atoms with Crippen molar-refractivity contribution in [2.24, 2.45) is 5.92 Å². The number of aliphatic hydroxyl groups is 1. The number of hydrogen-bond donors (Lipinski definition) is 1. The topological polar surface area (TPSA) is 46.5 Å². The number of esters is 1. The van der Waals surface area contributed by atoms with E-state index in [1.807, 2.05) is 29.8 Å². The molecular weight excluding hydrogens is 352 g/mol. The second-order valence-electron chi connectivity index (χ2n) is 6.35. The Morgan fingerprint density at radius 3 is 1.96 bits per heavy atom. The fourth-order valence-electron chi connectivity index (χ4n) is 3.28. The maximum absolute atomic E-state index is 13.1. The van der Waals surface area contributed by atoms with Crippen molar-refractivity contribution in [2.45, 2.75) is 64.6 Å². The molecule has 0 saturated carbocycles. The Morgan fingerprint density at radius 1 is 1.08 bits per heavy atom. The van der Waals surface area contributed by atoms with Crippen LogP contribution in [0.3, 0.4) is 0 Å². The van der Waals surface area contributed by atoms with Crippen LogP contribution in [0.4, 0.5) is 0 Å². The Bertz CT molecular complexity index is 579. The molecule has 0 unspecified atom stereocenters. The second kappa shape index (κ2) is 9.51. The first kappa shape index (κ1) is 20.1. The van der Waals surface area contributed by atoms with Crippen molar-refractivity contribution in [1.82, 2.24) is 0 Å². The quantitative estimate of drug-likeness (QED) is 0.547. The molecule has 138 valence electrons. The Labute approximate surface area is 158 Å². The monoisotopic (exact) mass is 380 g/mol. The molecule has 2 heterocycles. The van der Waals surface area contributed by atoms with Crippen LogP contribution in [0.15, 0.2) is 35.0 Å². The van der Waals surface area contributed by atoms with Crippen molar-refractivity contribution in [2.75, 3.05) is 0 Å². The third-order valence-electron chi connectivity index (χ3n) is 4.56. The average molecular weight is 381 g/mol. The molecule has 0 aliphatic carbocycles. The van der Waals surface area contributed by atoms with Crippen molar-refractivity contribution in [3.63, 3.8) is 0 Å². The average Bonchev–Trinajstić information content (AvgIpc) is 3.32. The summed E-state index contributed by atoms with van der Waals surface area (Å²) in [5, 5.41) is 15.1. The lowest BCUT2D eigenvalue weighted by molar-refractivity contribution is -0.170. The maximum Gasteiger partial charge on any atom is 0.349 e. The zero-order valence-electron chi connectivity index (χ0n) is 15.2. The zero-order chi connectivity index (χ0) is 18.3. The number of hydrogen-bond acceptors (Lipinski definition) is 5. The molecule has 2 aromatic heterocycles. The summed E-state index contributed by atoms with van der Waals surface area (Å²) in [6, 6.07) is 7.28. The molecule has 0 aromatic carbocycles. The summed E-state index contributed by atoms with van der Waals surface area (Å²) in [4.78, 5) is 14.3. The Morgan fingerprint density at radius 2 is 1.60 bits per heavy atom. The second-order valence-corrected chi connectivity index (χ2v) is 8.25. The van der Waals surface area contributed by atoms with E-state index in [2.05, 4.69) is 13.8 Å². The van der Waals surface area contributed by atoms with Crippen molar-refractivity contribution in [3.8, 4) is 0 Å². The van der Waals surface area contributed by atoms with Crippen molar-refractivity contribution in [3.05, 3.63) is 44.8 Å². The van der Waals surface area contributed by atoms with Crippen molar-refractivity contribution in [1.29, 1.82) is 0 Å². The summed E-state index contributed by atoms with van der Waals surface area (Å²) in [6.45, 7) is 6.36. The maximum atomic E-state index is 13.1. The van der Waals surface area contributed by atoms with E-state index >= 15 is 0 Å². The van der Waals surface area contributed by atoms with Gasteiger partial charge in [0, 0.05) is 0 Å². The lowest BCUT2D eigenvalue weighted by Crippen LogP contribution is -2.40. The summed E-state index contributed by atoms with van der Waals surface area (Å²) in [5.74, 6) is -0.207. The first-order valence-electron chi connectivity index (χ1n) is 9.09. The molecule has 2 aromatic rings. The zero-order valence-corrected chi connectivity index (χ0v) is 16.9. The lowest BCUT2D eigenvalue weighted by atomic mass is 9.90. The highest BCUT2D eigenvalue weighted by molar-refractivity contribution is 7.12. The minimum absolute atomic E-state index is 0.154. The molecule has 0 spiro atoms. The fourth-order valence-corrected chi connectivity index (χ4v) is 5.00. The van der Waals surface area contributed by atoms with Gasteiger partial charge in [-0.05, 0) is 48.1 Å². The Hall–Kier alpha value is -1.17. The third-order valence-corrected chi connectivity index (χ3v) is 6.51. The fraction of sp³-hybridized carbons (Fsp3) is 0.550. The molecule has 5 heteroatoms. The molecule has 1 atom stereocenters. The number of ether oxygens (including phenoxy) is 1. The number of rotatable bonds is 10. The van der Waals surface area contributed by atoms with Crippen LogP contribution >= 0.6 is 22.7 Å². The van der Waals surface area contributed by atoms with Gasteiger partial charge in [0.25, 0.3) is 0 Å². The van der Waals surface area contributed by atoms with E-state index in [1.165, 1.54) is 22.7 Å². The van der Waals surface area contributed by atoms with Crippen LogP contribution in [-0.4, -0.2) is 17.2 Å². The molecule has 3 nitrogen and oxygen atoms in total.